The first kappa shape index (κ1) is 17.8. The molecule has 2 N–H and O–H groups in total. The molecule has 1 aliphatic heterocycles. The van der Waals surface area contributed by atoms with Crippen LogP contribution in [0, 0.1) is 11.8 Å². The van der Waals surface area contributed by atoms with E-state index in [4.69, 9.17) is 5.73 Å². The molecule has 1 aliphatic rings. The molecular weight excluding hydrogens is 290 g/mol. The van der Waals surface area contributed by atoms with Gasteiger partial charge in [0.05, 0.1) is 6.54 Å². The molecule has 2 atom stereocenters. The fourth-order valence-electron chi connectivity index (χ4n) is 2.16. The maximum absolute atomic E-state index is 12.2. The van der Waals surface area contributed by atoms with Gasteiger partial charge in [-0.3, -0.25) is 9.59 Å². The molecule has 20 heavy (non-hydrogen) atoms. The fraction of sp³-hybridized carbons (Fsp3) is 0.733. The van der Waals surface area contributed by atoms with E-state index in [1.165, 1.54) is 0 Å². The lowest BCUT2D eigenvalue weighted by Gasteiger charge is -2.16. The van der Waals surface area contributed by atoms with E-state index in [0.717, 1.165) is 29.4 Å². The van der Waals surface area contributed by atoms with Crippen LogP contribution in [-0.4, -0.2) is 41.1 Å². The third kappa shape index (κ3) is 6.46. The Hall–Kier alpha value is -0.260. The van der Waals surface area contributed by atoms with E-state index in [0.29, 0.717) is 18.6 Å². The first-order chi connectivity index (χ1) is 9.69. The summed E-state index contributed by atoms with van der Waals surface area (Å²) in [6.45, 7) is 2.15. The monoisotopic (exact) mass is 315 g/mol. The van der Waals surface area contributed by atoms with Gasteiger partial charge in [0.15, 0.2) is 0 Å². The lowest BCUT2D eigenvalue weighted by molar-refractivity contribution is -0.123. The highest BCUT2D eigenvalue weighted by atomic mass is 32.2. The van der Waals surface area contributed by atoms with Crippen LogP contribution in [0.2, 0.25) is 0 Å². The Morgan fingerprint density at radius 3 is 2.55 bits per heavy atom. The van der Waals surface area contributed by atoms with Crippen molar-refractivity contribution in [2.75, 3.05) is 29.6 Å². The van der Waals surface area contributed by atoms with Crippen molar-refractivity contribution in [3.05, 3.63) is 12.2 Å². The molecule has 0 bridgehead atoms. The number of carbonyl (C=O) groups excluding carboxylic acids is 2. The maximum Gasteiger partial charge on any atom is 0.150 e. The number of nitrogens with two attached hydrogens (primary N) is 1. The van der Waals surface area contributed by atoms with Crippen molar-refractivity contribution in [3.63, 3.8) is 0 Å². The van der Waals surface area contributed by atoms with Gasteiger partial charge in [-0.15, -0.1) is 0 Å². The van der Waals surface area contributed by atoms with Crippen LogP contribution in [0.15, 0.2) is 12.2 Å². The largest absolute Gasteiger partial charge is 0.324 e. The zero-order valence-electron chi connectivity index (χ0n) is 12.2. The third-order valence-corrected chi connectivity index (χ3v) is 5.71. The lowest BCUT2D eigenvalue weighted by Crippen LogP contribution is -2.27. The van der Waals surface area contributed by atoms with Crippen molar-refractivity contribution in [3.8, 4) is 0 Å². The molecule has 0 amide bonds. The molecule has 0 spiro atoms. The normalized spacial score (nSPS) is 28.0. The number of hydrogen-bond acceptors (Lipinski definition) is 5. The Balaban J connectivity index is 2.66. The Kier molecular flexibility index (Phi) is 9.31. The molecular formula is C15H25NO2S2. The average Bonchev–Trinajstić information content (AvgIpc) is 2.48. The minimum atomic E-state index is -0.0618. The first-order valence-corrected chi connectivity index (χ1v) is 9.55. The van der Waals surface area contributed by atoms with Gasteiger partial charge in [0.1, 0.15) is 11.6 Å². The van der Waals surface area contributed by atoms with Crippen LogP contribution < -0.4 is 5.73 Å². The van der Waals surface area contributed by atoms with E-state index < -0.39 is 0 Å². The molecule has 0 fully saturated rings. The number of Topliss-reactive ketones (excluding diaryl/α,β-unsaturated/α-hetero) is 2. The van der Waals surface area contributed by atoms with Gasteiger partial charge in [0.2, 0.25) is 0 Å². The predicted octanol–water partition coefficient (Wildman–Crippen LogP) is 2.54. The van der Waals surface area contributed by atoms with Gasteiger partial charge in [-0.05, 0) is 12.8 Å². The van der Waals surface area contributed by atoms with Gasteiger partial charge in [0.25, 0.3) is 0 Å². The molecule has 0 aliphatic carbocycles. The van der Waals surface area contributed by atoms with Crippen LogP contribution in [0.25, 0.3) is 0 Å². The van der Waals surface area contributed by atoms with Crippen molar-refractivity contribution in [1.82, 2.24) is 0 Å². The van der Waals surface area contributed by atoms with Crippen LogP contribution in [0.5, 0.6) is 0 Å². The van der Waals surface area contributed by atoms with Crippen LogP contribution >= 0.6 is 23.5 Å². The molecule has 1 heterocycles. The van der Waals surface area contributed by atoms with Crippen molar-refractivity contribution < 1.29 is 9.59 Å². The lowest BCUT2D eigenvalue weighted by atomic mass is 9.93. The molecule has 3 nitrogen and oxygen atoms in total. The van der Waals surface area contributed by atoms with Crippen LogP contribution in [0.3, 0.4) is 0 Å². The average molecular weight is 316 g/mol. The van der Waals surface area contributed by atoms with Gasteiger partial charge in [-0.25, -0.2) is 0 Å². The summed E-state index contributed by atoms with van der Waals surface area (Å²) in [4.78, 5) is 24.1. The van der Waals surface area contributed by atoms with Crippen LogP contribution in [0.4, 0.5) is 0 Å². The van der Waals surface area contributed by atoms with Crippen molar-refractivity contribution >= 4 is 35.1 Å². The summed E-state index contributed by atoms with van der Waals surface area (Å²) in [5.74, 6) is 4.04. The summed E-state index contributed by atoms with van der Waals surface area (Å²) in [5, 5.41) is 0. The summed E-state index contributed by atoms with van der Waals surface area (Å²) in [7, 11) is 0. The quantitative estimate of drug-likeness (QED) is 0.811. The van der Waals surface area contributed by atoms with E-state index in [9.17, 15) is 9.59 Å². The zero-order chi connectivity index (χ0) is 14.8. The molecule has 0 aromatic rings. The molecule has 0 aromatic carbocycles. The number of hydrogen-bond donors (Lipinski definition) is 1. The predicted molar refractivity (Wildman–Crippen MR) is 89.4 cm³/mol. The van der Waals surface area contributed by atoms with E-state index in [1.54, 1.807) is 11.8 Å². The maximum atomic E-state index is 12.2. The van der Waals surface area contributed by atoms with E-state index in [2.05, 4.69) is 19.1 Å². The summed E-state index contributed by atoms with van der Waals surface area (Å²) >= 11 is 3.57. The summed E-state index contributed by atoms with van der Waals surface area (Å²) < 4.78 is 0. The Labute approximate surface area is 130 Å². The molecule has 114 valence electrons. The van der Waals surface area contributed by atoms with Crippen LogP contribution in [-0.2, 0) is 9.59 Å². The smallest absolute Gasteiger partial charge is 0.150 e. The second-order valence-electron chi connectivity index (χ2n) is 5.02. The van der Waals surface area contributed by atoms with Gasteiger partial charge in [-0.2, -0.15) is 23.5 Å². The highest BCUT2D eigenvalue weighted by molar-refractivity contribution is 7.99. The minimum absolute atomic E-state index is 0.0618. The van der Waals surface area contributed by atoms with Gasteiger partial charge in [0, 0.05) is 41.3 Å². The summed E-state index contributed by atoms with van der Waals surface area (Å²) in [6.07, 6.45) is 6.38. The van der Waals surface area contributed by atoms with Gasteiger partial charge >= 0.3 is 0 Å². The summed E-state index contributed by atoms with van der Waals surface area (Å²) in [5.41, 5.74) is 5.47. The topological polar surface area (TPSA) is 60.2 Å². The Bertz CT molecular complexity index is 345. The Morgan fingerprint density at radius 1 is 1.30 bits per heavy atom. The minimum Gasteiger partial charge on any atom is -0.324 e. The molecule has 0 saturated carbocycles. The number of carbonyl (C=O) groups is 2. The molecule has 5 heteroatoms. The van der Waals surface area contributed by atoms with Crippen molar-refractivity contribution in [2.24, 2.45) is 17.6 Å². The Morgan fingerprint density at radius 2 is 1.95 bits per heavy atom. The molecule has 1 rings (SSSR count). The third-order valence-electron chi connectivity index (χ3n) is 3.58. The second-order valence-corrected chi connectivity index (χ2v) is 7.17. The molecule has 0 unspecified atom stereocenters. The van der Waals surface area contributed by atoms with E-state index >= 15 is 0 Å². The van der Waals surface area contributed by atoms with E-state index in [-0.39, 0.29) is 24.2 Å². The van der Waals surface area contributed by atoms with Gasteiger partial charge < -0.3 is 5.73 Å². The van der Waals surface area contributed by atoms with E-state index in [1.807, 2.05) is 11.8 Å². The fourth-order valence-corrected chi connectivity index (χ4v) is 4.32. The summed E-state index contributed by atoms with van der Waals surface area (Å²) in [6, 6.07) is 0. The number of thioether (sulfide) groups is 2. The van der Waals surface area contributed by atoms with Crippen LogP contribution in [0.1, 0.15) is 26.2 Å². The van der Waals surface area contributed by atoms with Crippen molar-refractivity contribution in [2.45, 2.75) is 26.2 Å². The molecule has 0 aromatic heterocycles. The molecule has 0 saturated heterocycles. The first-order valence-electron chi connectivity index (χ1n) is 7.25. The highest BCUT2D eigenvalue weighted by Gasteiger charge is 2.21. The SMILES string of the molecule is CC[C@H]1CSC/C=C\CSC[C@@H](C(=O)CN)CCC1=O. The highest BCUT2D eigenvalue weighted by Crippen LogP contribution is 2.21. The zero-order valence-corrected chi connectivity index (χ0v) is 13.8. The molecule has 0 radical (unpaired) electrons. The van der Waals surface area contributed by atoms with Gasteiger partial charge in [-0.1, -0.05) is 19.1 Å². The number of ketones is 2. The standard InChI is InChI=1S/C15H25NO2S2/c1-2-12-10-19-7-3-4-8-20-11-13(15(18)9-16)5-6-14(12)17/h3-4,12-13H,2,5-11,16H2,1H3/b4-3-/t12-,13-/m0/s1. The second kappa shape index (κ2) is 10.5. The number of rotatable bonds is 3. The van der Waals surface area contributed by atoms with Crippen molar-refractivity contribution in [1.29, 1.82) is 0 Å².